The second-order valence-electron chi connectivity index (χ2n) is 5.39. The predicted molar refractivity (Wildman–Crippen MR) is 82.6 cm³/mol. The van der Waals surface area contributed by atoms with Gasteiger partial charge in [0.15, 0.2) is 0 Å². The van der Waals surface area contributed by atoms with Gasteiger partial charge in [0.05, 0.1) is 4.90 Å². The van der Waals surface area contributed by atoms with E-state index < -0.39 is 10.0 Å². The second-order valence-corrected chi connectivity index (χ2v) is 7.28. The molecule has 1 aromatic carbocycles. The van der Waals surface area contributed by atoms with Crippen LogP contribution in [0.25, 0.3) is 10.8 Å². The third-order valence-corrected chi connectivity index (χ3v) is 5.97. The minimum Gasteiger partial charge on any atom is -0.315 e. The van der Waals surface area contributed by atoms with Crippen molar-refractivity contribution in [3.05, 3.63) is 36.7 Å². The highest BCUT2D eigenvalue weighted by Crippen LogP contribution is 2.23. The maximum atomic E-state index is 12.9. The zero-order valence-electron chi connectivity index (χ0n) is 12.0. The average molecular weight is 305 g/mol. The van der Waals surface area contributed by atoms with Gasteiger partial charge >= 0.3 is 0 Å². The van der Waals surface area contributed by atoms with E-state index in [9.17, 15) is 8.42 Å². The number of rotatable bonds is 2. The fourth-order valence-corrected chi connectivity index (χ4v) is 4.40. The molecule has 3 rings (SSSR count). The molecule has 6 heteroatoms. The van der Waals surface area contributed by atoms with E-state index in [-0.39, 0.29) is 6.04 Å². The van der Waals surface area contributed by atoms with Crippen molar-refractivity contribution in [1.82, 2.24) is 14.6 Å². The summed E-state index contributed by atoms with van der Waals surface area (Å²) < 4.78 is 27.4. The molecular weight excluding hydrogens is 286 g/mol. The molecule has 112 valence electrons. The molecule has 1 aromatic heterocycles. The fraction of sp³-hybridized carbons (Fsp3) is 0.400. The van der Waals surface area contributed by atoms with Crippen molar-refractivity contribution in [2.24, 2.45) is 0 Å². The van der Waals surface area contributed by atoms with Crippen LogP contribution in [0.5, 0.6) is 0 Å². The van der Waals surface area contributed by atoms with Crippen molar-refractivity contribution in [2.75, 3.05) is 19.6 Å². The summed E-state index contributed by atoms with van der Waals surface area (Å²) in [4.78, 5) is 4.41. The Morgan fingerprint density at radius 3 is 2.95 bits per heavy atom. The van der Waals surface area contributed by atoms with Crippen LogP contribution in [0.1, 0.15) is 13.3 Å². The Kier molecular flexibility index (Phi) is 3.93. The van der Waals surface area contributed by atoms with Crippen LogP contribution in [0, 0.1) is 0 Å². The molecule has 1 atom stereocenters. The van der Waals surface area contributed by atoms with Crippen LogP contribution in [-0.4, -0.2) is 43.4 Å². The van der Waals surface area contributed by atoms with E-state index in [0.717, 1.165) is 23.7 Å². The standard InChI is InChI=1S/C15H19N3O2S/c1-12-4-6-16-8-9-18(12)21(19,20)15-3-2-14-11-17-7-5-13(14)10-15/h2-3,5,7,10-12,16H,4,6,8-9H2,1H3. The summed E-state index contributed by atoms with van der Waals surface area (Å²) >= 11 is 0. The zero-order chi connectivity index (χ0) is 14.9. The van der Waals surface area contributed by atoms with Gasteiger partial charge < -0.3 is 5.32 Å². The Balaban J connectivity index is 2.02. The Morgan fingerprint density at radius 2 is 2.10 bits per heavy atom. The van der Waals surface area contributed by atoms with Gasteiger partial charge in [-0.05, 0) is 43.5 Å². The highest BCUT2D eigenvalue weighted by Gasteiger charge is 2.29. The highest BCUT2D eigenvalue weighted by molar-refractivity contribution is 7.89. The van der Waals surface area contributed by atoms with E-state index in [1.165, 1.54) is 0 Å². The van der Waals surface area contributed by atoms with Crippen molar-refractivity contribution >= 4 is 20.8 Å². The topological polar surface area (TPSA) is 62.3 Å². The predicted octanol–water partition coefficient (Wildman–Crippen LogP) is 1.61. The number of fused-ring (bicyclic) bond motifs is 1. The number of sulfonamides is 1. The molecule has 0 amide bonds. The number of nitrogens with zero attached hydrogens (tertiary/aromatic N) is 2. The van der Waals surface area contributed by atoms with E-state index in [4.69, 9.17) is 0 Å². The molecular formula is C15H19N3O2S. The summed E-state index contributed by atoms with van der Waals surface area (Å²) in [5, 5.41) is 5.09. The smallest absolute Gasteiger partial charge is 0.243 e. The Bertz CT molecular complexity index is 745. The molecule has 2 heterocycles. The van der Waals surface area contributed by atoms with Gasteiger partial charge in [-0.25, -0.2) is 8.42 Å². The van der Waals surface area contributed by atoms with Crippen molar-refractivity contribution in [3.8, 4) is 0 Å². The summed E-state index contributed by atoms with van der Waals surface area (Å²) in [5.41, 5.74) is 0. The molecule has 1 fully saturated rings. The lowest BCUT2D eigenvalue weighted by Crippen LogP contribution is -2.39. The summed E-state index contributed by atoms with van der Waals surface area (Å²) in [5.74, 6) is 0. The molecule has 0 spiro atoms. The summed E-state index contributed by atoms with van der Waals surface area (Å²) in [6.45, 7) is 4.03. The van der Waals surface area contributed by atoms with E-state index in [2.05, 4.69) is 10.3 Å². The highest BCUT2D eigenvalue weighted by atomic mass is 32.2. The van der Waals surface area contributed by atoms with Gasteiger partial charge in [-0.3, -0.25) is 4.98 Å². The molecule has 1 saturated heterocycles. The lowest BCUT2D eigenvalue weighted by atomic mass is 10.2. The molecule has 2 aromatic rings. The number of pyridine rings is 1. The van der Waals surface area contributed by atoms with Crippen LogP contribution < -0.4 is 5.32 Å². The zero-order valence-corrected chi connectivity index (χ0v) is 12.8. The lowest BCUT2D eigenvalue weighted by molar-refractivity contribution is 0.350. The number of hydrogen-bond acceptors (Lipinski definition) is 4. The number of hydrogen-bond donors (Lipinski definition) is 1. The third-order valence-electron chi connectivity index (χ3n) is 3.96. The molecule has 1 aliphatic heterocycles. The first-order chi connectivity index (χ1) is 10.1. The van der Waals surface area contributed by atoms with Gasteiger partial charge in [0.2, 0.25) is 10.0 Å². The monoisotopic (exact) mass is 305 g/mol. The van der Waals surface area contributed by atoms with Gasteiger partial charge in [0, 0.05) is 36.9 Å². The van der Waals surface area contributed by atoms with Gasteiger partial charge in [0.25, 0.3) is 0 Å². The first kappa shape index (κ1) is 14.4. The number of nitrogens with one attached hydrogen (secondary N) is 1. The second kappa shape index (κ2) is 5.71. The van der Waals surface area contributed by atoms with Crippen LogP contribution in [0.15, 0.2) is 41.6 Å². The normalized spacial score (nSPS) is 21.3. The van der Waals surface area contributed by atoms with Gasteiger partial charge in [0.1, 0.15) is 0 Å². The quantitative estimate of drug-likeness (QED) is 0.915. The number of benzene rings is 1. The van der Waals surface area contributed by atoms with Gasteiger partial charge in [-0.2, -0.15) is 4.31 Å². The maximum Gasteiger partial charge on any atom is 0.243 e. The Labute approximate surface area is 125 Å². The fourth-order valence-electron chi connectivity index (χ4n) is 2.70. The lowest BCUT2D eigenvalue weighted by Gasteiger charge is -2.26. The minimum absolute atomic E-state index is 0.0122. The molecule has 5 nitrogen and oxygen atoms in total. The van der Waals surface area contributed by atoms with E-state index in [0.29, 0.717) is 18.0 Å². The minimum atomic E-state index is -3.45. The van der Waals surface area contributed by atoms with Crippen molar-refractivity contribution in [1.29, 1.82) is 0 Å². The molecule has 0 bridgehead atoms. The molecule has 1 unspecified atom stereocenters. The Hall–Kier alpha value is -1.50. The first-order valence-corrected chi connectivity index (χ1v) is 8.59. The van der Waals surface area contributed by atoms with Crippen LogP contribution in [0.3, 0.4) is 0 Å². The van der Waals surface area contributed by atoms with Crippen LogP contribution >= 0.6 is 0 Å². The summed E-state index contributed by atoms with van der Waals surface area (Å²) in [6, 6.07) is 7.07. The van der Waals surface area contributed by atoms with Crippen molar-refractivity contribution in [3.63, 3.8) is 0 Å². The van der Waals surface area contributed by atoms with Crippen LogP contribution in [0.4, 0.5) is 0 Å². The SMILES string of the molecule is CC1CCNCCN1S(=O)(=O)c1ccc2cnccc2c1. The van der Waals surface area contributed by atoms with Gasteiger partial charge in [-0.15, -0.1) is 0 Å². The van der Waals surface area contributed by atoms with Crippen molar-refractivity contribution in [2.45, 2.75) is 24.3 Å². The average Bonchev–Trinajstić information content (AvgIpc) is 2.71. The Morgan fingerprint density at radius 1 is 1.24 bits per heavy atom. The molecule has 0 saturated carbocycles. The summed E-state index contributed by atoms with van der Waals surface area (Å²) in [6.07, 6.45) is 4.25. The molecule has 0 aliphatic carbocycles. The van der Waals surface area contributed by atoms with Crippen LogP contribution in [-0.2, 0) is 10.0 Å². The molecule has 0 radical (unpaired) electrons. The van der Waals surface area contributed by atoms with Gasteiger partial charge in [-0.1, -0.05) is 6.07 Å². The first-order valence-electron chi connectivity index (χ1n) is 7.15. The van der Waals surface area contributed by atoms with E-state index >= 15 is 0 Å². The third kappa shape index (κ3) is 2.79. The molecule has 21 heavy (non-hydrogen) atoms. The molecule has 1 N–H and O–H groups in total. The van der Waals surface area contributed by atoms with Crippen LogP contribution in [0.2, 0.25) is 0 Å². The number of aromatic nitrogens is 1. The van der Waals surface area contributed by atoms with E-state index in [1.807, 2.05) is 19.1 Å². The van der Waals surface area contributed by atoms with Crippen molar-refractivity contribution < 1.29 is 8.42 Å². The largest absolute Gasteiger partial charge is 0.315 e. The maximum absolute atomic E-state index is 12.9. The molecule has 1 aliphatic rings. The van der Waals surface area contributed by atoms with E-state index in [1.54, 1.807) is 28.8 Å². The summed E-state index contributed by atoms with van der Waals surface area (Å²) in [7, 11) is -3.45.